The van der Waals surface area contributed by atoms with Crippen molar-refractivity contribution in [3.63, 3.8) is 0 Å². The molecule has 0 amide bonds. The Morgan fingerprint density at radius 2 is 1.91 bits per heavy atom. The Morgan fingerprint density at radius 3 is 2.48 bits per heavy atom. The number of hydrogen-bond acceptors (Lipinski definition) is 6. The maximum absolute atomic E-state index is 12.5. The molecule has 8 nitrogen and oxygen atoms in total. The van der Waals surface area contributed by atoms with Gasteiger partial charge in [0.05, 0.1) is 12.0 Å². The molecule has 0 saturated carbocycles. The van der Waals surface area contributed by atoms with Crippen molar-refractivity contribution in [2.24, 2.45) is 0 Å². The number of benzene rings is 2. The summed E-state index contributed by atoms with van der Waals surface area (Å²) in [6.45, 7) is 1.61. The van der Waals surface area contributed by atoms with Gasteiger partial charge in [0.2, 0.25) is 0 Å². The highest BCUT2D eigenvalue weighted by Crippen LogP contribution is 2.30. The maximum Gasteiger partial charge on any atom is 0.271 e. The van der Waals surface area contributed by atoms with Crippen LogP contribution in [-0.2, 0) is 10.0 Å². The van der Waals surface area contributed by atoms with Gasteiger partial charge < -0.3 is 9.84 Å². The van der Waals surface area contributed by atoms with Crippen LogP contribution < -0.4 is 9.46 Å². The molecule has 0 radical (unpaired) electrons. The number of nitrogens with one attached hydrogen (secondary N) is 1. The third-order valence-corrected chi connectivity index (χ3v) is 4.50. The van der Waals surface area contributed by atoms with E-state index in [0.29, 0.717) is 5.56 Å². The number of anilines is 1. The van der Waals surface area contributed by atoms with Crippen molar-refractivity contribution in [3.05, 3.63) is 52.1 Å². The molecule has 2 aromatic carbocycles. The van der Waals surface area contributed by atoms with Crippen LogP contribution in [0.1, 0.15) is 5.56 Å². The number of nitro benzene ring substituents is 1. The van der Waals surface area contributed by atoms with Crippen LogP contribution >= 0.6 is 0 Å². The van der Waals surface area contributed by atoms with E-state index in [9.17, 15) is 23.6 Å². The third kappa shape index (κ3) is 3.51. The topological polar surface area (TPSA) is 119 Å². The summed E-state index contributed by atoms with van der Waals surface area (Å²) in [4.78, 5) is 9.80. The summed E-state index contributed by atoms with van der Waals surface area (Å²) in [5, 5.41) is 20.3. The fourth-order valence-electron chi connectivity index (χ4n) is 1.92. The number of phenols is 1. The van der Waals surface area contributed by atoms with Gasteiger partial charge in [-0.2, -0.15) is 0 Å². The van der Waals surface area contributed by atoms with E-state index in [2.05, 4.69) is 4.72 Å². The van der Waals surface area contributed by atoms with Crippen LogP contribution in [-0.4, -0.2) is 25.6 Å². The number of non-ortho nitro benzene ring substituents is 1. The van der Waals surface area contributed by atoms with E-state index in [4.69, 9.17) is 4.74 Å². The molecule has 0 bridgehead atoms. The highest BCUT2D eigenvalue weighted by molar-refractivity contribution is 7.92. The fourth-order valence-corrected chi connectivity index (χ4v) is 3.16. The Balaban J connectivity index is 2.47. The number of sulfonamides is 1. The van der Waals surface area contributed by atoms with E-state index in [1.54, 1.807) is 6.92 Å². The molecule has 0 fully saturated rings. The van der Waals surface area contributed by atoms with Crippen molar-refractivity contribution in [1.82, 2.24) is 0 Å². The SMILES string of the molecule is COc1ccc([N+](=O)[O-])cc1S(=O)(=O)Nc1ccc(O)c(C)c1. The number of nitro groups is 1. The molecule has 0 heterocycles. The molecule has 0 aromatic heterocycles. The summed E-state index contributed by atoms with van der Waals surface area (Å²) in [7, 11) is -2.83. The molecule has 2 aromatic rings. The molecule has 9 heteroatoms. The van der Waals surface area contributed by atoms with Crippen LogP contribution in [0.4, 0.5) is 11.4 Å². The van der Waals surface area contributed by atoms with Crippen LogP contribution in [0, 0.1) is 17.0 Å². The normalized spacial score (nSPS) is 11.0. The van der Waals surface area contributed by atoms with E-state index in [0.717, 1.165) is 12.1 Å². The minimum atomic E-state index is -4.10. The lowest BCUT2D eigenvalue weighted by Gasteiger charge is -2.12. The summed E-state index contributed by atoms with van der Waals surface area (Å²) in [5.41, 5.74) is 0.332. The Hall–Kier alpha value is -2.81. The number of aromatic hydroxyl groups is 1. The summed E-state index contributed by atoms with van der Waals surface area (Å²) in [6.07, 6.45) is 0. The van der Waals surface area contributed by atoms with Crippen molar-refractivity contribution in [3.8, 4) is 11.5 Å². The fraction of sp³-hybridized carbons (Fsp3) is 0.143. The number of hydrogen-bond donors (Lipinski definition) is 2. The Morgan fingerprint density at radius 1 is 1.22 bits per heavy atom. The zero-order chi connectivity index (χ0) is 17.2. The lowest BCUT2D eigenvalue weighted by Crippen LogP contribution is -2.14. The number of methoxy groups -OCH3 is 1. The summed E-state index contributed by atoms with van der Waals surface area (Å²) in [5.74, 6) is 0.0134. The van der Waals surface area contributed by atoms with Crippen molar-refractivity contribution in [2.75, 3.05) is 11.8 Å². The highest BCUT2D eigenvalue weighted by Gasteiger charge is 2.23. The second kappa shape index (κ2) is 6.13. The molecule has 0 atom stereocenters. The molecule has 0 unspecified atom stereocenters. The summed E-state index contributed by atoms with van der Waals surface area (Å²) < 4.78 is 32.2. The van der Waals surface area contributed by atoms with Gasteiger partial charge in [-0.1, -0.05) is 0 Å². The van der Waals surface area contributed by atoms with E-state index in [1.807, 2.05) is 0 Å². The molecular formula is C14H14N2O6S. The first-order valence-electron chi connectivity index (χ1n) is 6.39. The Labute approximate surface area is 132 Å². The third-order valence-electron chi connectivity index (χ3n) is 3.10. The smallest absolute Gasteiger partial charge is 0.271 e. The van der Waals surface area contributed by atoms with Gasteiger partial charge in [0.25, 0.3) is 15.7 Å². The second-order valence-corrected chi connectivity index (χ2v) is 6.35. The number of nitrogens with zero attached hydrogens (tertiary/aromatic N) is 1. The predicted octanol–water partition coefficient (Wildman–Crippen LogP) is 2.42. The number of aryl methyl sites for hydroxylation is 1. The first-order valence-corrected chi connectivity index (χ1v) is 7.88. The van der Waals surface area contributed by atoms with Gasteiger partial charge in [-0.15, -0.1) is 0 Å². The largest absolute Gasteiger partial charge is 0.508 e. The number of ether oxygens (including phenoxy) is 1. The molecule has 23 heavy (non-hydrogen) atoms. The molecule has 0 saturated heterocycles. The van der Waals surface area contributed by atoms with Gasteiger partial charge in [-0.3, -0.25) is 14.8 Å². The lowest BCUT2D eigenvalue weighted by atomic mass is 10.2. The van der Waals surface area contributed by atoms with Gasteiger partial charge in [-0.05, 0) is 36.8 Å². The zero-order valence-corrected chi connectivity index (χ0v) is 13.1. The quantitative estimate of drug-likeness (QED) is 0.491. The highest BCUT2D eigenvalue weighted by atomic mass is 32.2. The molecule has 0 spiro atoms. The van der Waals surface area contributed by atoms with E-state index in [1.165, 1.54) is 31.4 Å². The molecule has 2 rings (SSSR count). The minimum absolute atomic E-state index is 0.0152. The molecule has 0 aliphatic carbocycles. The van der Waals surface area contributed by atoms with Crippen LogP contribution in [0.3, 0.4) is 0 Å². The molecular weight excluding hydrogens is 324 g/mol. The van der Waals surface area contributed by atoms with Crippen molar-refractivity contribution >= 4 is 21.4 Å². The monoisotopic (exact) mass is 338 g/mol. The van der Waals surface area contributed by atoms with Crippen LogP contribution in [0.15, 0.2) is 41.3 Å². The van der Waals surface area contributed by atoms with Gasteiger partial charge in [0, 0.05) is 17.8 Å². The van der Waals surface area contributed by atoms with Gasteiger partial charge in [0.15, 0.2) is 0 Å². The van der Waals surface area contributed by atoms with E-state index < -0.39 is 14.9 Å². The maximum atomic E-state index is 12.5. The molecule has 0 aliphatic rings. The van der Waals surface area contributed by atoms with Crippen molar-refractivity contribution in [2.45, 2.75) is 11.8 Å². The van der Waals surface area contributed by atoms with Crippen LogP contribution in [0.2, 0.25) is 0 Å². The molecule has 2 N–H and O–H groups in total. The average Bonchev–Trinajstić information content (AvgIpc) is 2.50. The zero-order valence-electron chi connectivity index (χ0n) is 12.3. The lowest BCUT2D eigenvalue weighted by molar-refractivity contribution is -0.385. The minimum Gasteiger partial charge on any atom is -0.508 e. The molecule has 122 valence electrons. The first-order chi connectivity index (χ1) is 10.7. The number of phenolic OH excluding ortho intramolecular Hbond substituents is 1. The first kappa shape index (κ1) is 16.6. The second-order valence-electron chi connectivity index (χ2n) is 4.70. The summed E-state index contributed by atoms with van der Waals surface area (Å²) >= 11 is 0. The van der Waals surface area contributed by atoms with Gasteiger partial charge in [0.1, 0.15) is 16.4 Å². The Bertz CT molecular complexity index is 864. The Kier molecular flexibility index (Phi) is 4.41. The number of rotatable bonds is 5. The van der Waals surface area contributed by atoms with Crippen molar-refractivity contribution in [1.29, 1.82) is 0 Å². The molecule has 0 aliphatic heterocycles. The summed E-state index contributed by atoms with van der Waals surface area (Å²) in [6, 6.07) is 7.46. The van der Waals surface area contributed by atoms with Crippen LogP contribution in [0.5, 0.6) is 11.5 Å². The average molecular weight is 338 g/mol. The van der Waals surface area contributed by atoms with Crippen molar-refractivity contribution < 1.29 is 23.2 Å². The predicted molar refractivity (Wildman–Crippen MR) is 83.3 cm³/mol. The van der Waals surface area contributed by atoms with Gasteiger partial charge in [-0.25, -0.2) is 8.42 Å². The standard InChI is InChI=1S/C14H14N2O6S/c1-9-7-10(3-5-12(9)17)15-23(20,21)14-8-11(16(18)19)4-6-13(14)22-2/h3-8,15,17H,1-2H3. The van der Waals surface area contributed by atoms with Crippen LogP contribution in [0.25, 0.3) is 0 Å². The van der Waals surface area contributed by atoms with E-state index >= 15 is 0 Å². The van der Waals surface area contributed by atoms with Gasteiger partial charge >= 0.3 is 0 Å². The van der Waals surface area contributed by atoms with E-state index in [-0.39, 0.29) is 27.8 Å².